The third kappa shape index (κ3) is 1.44. The fourth-order valence-corrected chi connectivity index (χ4v) is 0.957. The summed E-state index contributed by atoms with van der Waals surface area (Å²) in [5, 5.41) is 14.2. The molecule has 0 aliphatic rings. The van der Waals surface area contributed by atoms with Gasteiger partial charge in [0.2, 0.25) is 0 Å². The largest absolute Gasteiger partial charge is 0.854 e. The second-order valence-corrected chi connectivity index (χ2v) is 2.86. The van der Waals surface area contributed by atoms with E-state index in [9.17, 15) is 9.90 Å². The predicted octanol–water partition coefficient (Wildman–Crippen LogP) is -0.628. The van der Waals surface area contributed by atoms with Gasteiger partial charge in [-0.2, -0.15) is 10.1 Å². The maximum atomic E-state index is 10.8. The zero-order valence-electron chi connectivity index (χ0n) is 7.24. The van der Waals surface area contributed by atoms with Gasteiger partial charge in [-0.15, -0.1) is 0 Å². The summed E-state index contributed by atoms with van der Waals surface area (Å²) >= 11 is 0. The first kappa shape index (κ1) is 8.70. The summed E-state index contributed by atoms with van der Waals surface area (Å²) in [5.74, 6) is -0.183. The van der Waals surface area contributed by atoms with E-state index >= 15 is 0 Å². The van der Waals surface area contributed by atoms with Crippen molar-refractivity contribution in [1.82, 2.24) is 14.8 Å². The van der Waals surface area contributed by atoms with Crippen molar-refractivity contribution in [3.05, 3.63) is 16.2 Å². The van der Waals surface area contributed by atoms with Gasteiger partial charge in [0.15, 0.2) is 0 Å². The standard InChI is InChI=1S/C7H11N3O2/c1-4(2)5-8-6(11)7(12)9-10(5)3/h4H,1-3H3,(H,9,12)/p-1. The SMILES string of the molecule is CC(C)c1nc(=O)c([O-])nn1C. The van der Waals surface area contributed by atoms with Crippen LogP contribution in [0.5, 0.6) is 5.88 Å². The summed E-state index contributed by atoms with van der Waals surface area (Å²) in [7, 11) is 1.60. The summed E-state index contributed by atoms with van der Waals surface area (Å²) in [5.41, 5.74) is -0.781. The Morgan fingerprint density at radius 1 is 1.50 bits per heavy atom. The van der Waals surface area contributed by atoms with Crippen molar-refractivity contribution < 1.29 is 5.11 Å². The lowest BCUT2D eigenvalue weighted by molar-refractivity contribution is -0.278. The summed E-state index contributed by atoms with van der Waals surface area (Å²) in [4.78, 5) is 14.4. The molecule has 0 saturated carbocycles. The lowest BCUT2D eigenvalue weighted by atomic mass is 10.2. The van der Waals surface area contributed by atoms with Crippen molar-refractivity contribution >= 4 is 0 Å². The van der Waals surface area contributed by atoms with Gasteiger partial charge in [-0.3, -0.25) is 9.48 Å². The number of rotatable bonds is 1. The Morgan fingerprint density at radius 2 is 2.08 bits per heavy atom. The van der Waals surface area contributed by atoms with Crippen molar-refractivity contribution in [3.63, 3.8) is 0 Å². The van der Waals surface area contributed by atoms with Crippen LogP contribution in [0.25, 0.3) is 0 Å². The molecule has 0 N–H and O–H groups in total. The first-order valence-electron chi connectivity index (χ1n) is 3.64. The lowest BCUT2D eigenvalue weighted by Gasteiger charge is -2.11. The maximum absolute atomic E-state index is 10.8. The van der Waals surface area contributed by atoms with E-state index in [1.165, 1.54) is 4.68 Å². The highest BCUT2D eigenvalue weighted by Crippen LogP contribution is 2.07. The minimum Gasteiger partial charge on any atom is -0.854 e. The molecular weight excluding hydrogens is 158 g/mol. The van der Waals surface area contributed by atoms with Crippen LogP contribution in [-0.2, 0) is 7.05 Å². The Morgan fingerprint density at radius 3 is 2.58 bits per heavy atom. The van der Waals surface area contributed by atoms with E-state index in [-0.39, 0.29) is 5.92 Å². The Kier molecular flexibility index (Phi) is 2.12. The summed E-state index contributed by atoms with van der Waals surface area (Å²) in [6.07, 6.45) is 0. The van der Waals surface area contributed by atoms with Crippen molar-refractivity contribution in [3.8, 4) is 5.88 Å². The van der Waals surface area contributed by atoms with Crippen molar-refractivity contribution in [2.75, 3.05) is 0 Å². The van der Waals surface area contributed by atoms with E-state index in [0.717, 1.165) is 0 Å². The van der Waals surface area contributed by atoms with Crippen LogP contribution >= 0.6 is 0 Å². The first-order chi connectivity index (χ1) is 5.52. The molecule has 1 heterocycles. The Bertz CT molecular complexity index is 343. The zero-order chi connectivity index (χ0) is 9.30. The van der Waals surface area contributed by atoms with Crippen molar-refractivity contribution in [1.29, 1.82) is 0 Å². The van der Waals surface area contributed by atoms with E-state index in [1.807, 2.05) is 13.8 Å². The van der Waals surface area contributed by atoms with Crippen LogP contribution in [0.1, 0.15) is 25.6 Å². The van der Waals surface area contributed by atoms with Gasteiger partial charge in [-0.1, -0.05) is 13.8 Å². The maximum Gasteiger partial charge on any atom is 0.284 e. The van der Waals surface area contributed by atoms with Gasteiger partial charge >= 0.3 is 0 Å². The van der Waals surface area contributed by atoms with Crippen LogP contribution in [0, 0.1) is 0 Å². The molecular formula is C7H10N3O2-. The van der Waals surface area contributed by atoms with Gasteiger partial charge in [0.05, 0.1) is 5.88 Å². The van der Waals surface area contributed by atoms with Gasteiger partial charge in [-0.25, -0.2) is 0 Å². The lowest BCUT2D eigenvalue weighted by Crippen LogP contribution is -2.23. The monoisotopic (exact) mass is 168 g/mol. The molecule has 0 amide bonds. The second kappa shape index (κ2) is 2.92. The number of nitrogens with zero attached hydrogens (tertiary/aromatic N) is 3. The van der Waals surface area contributed by atoms with Gasteiger partial charge in [0.1, 0.15) is 5.82 Å². The highest BCUT2D eigenvalue weighted by molar-refractivity contribution is 5.01. The van der Waals surface area contributed by atoms with Crippen LogP contribution in [-0.4, -0.2) is 14.8 Å². The molecule has 0 aromatic carbocycles. The molecule has 0 fully saturated rings. The van der Waals surface area contributed by atoms with E-state index in [2.05, 4.69) is 10.1 Å². The molecule has 1 aromatic rings. The average Bonchev–Trinajstić information content (AvgIpc) is 1.96. The van der Waals surface area contributed by atoms with E-state index in [1.54, 1.807) is 7.05 Å². The molecule has 5 heteroatoms. The quantitative estimate of drug-likeness (QED) is 0.560. The summed E-state index contributed by atoms with van der Waals surface area (Å²) in [6, 6.07) is 0. The van der Waals surface area contributed by atoms with Crippen LogP contribution in [0.2, 0.25) is 0 Å². The molecule has 0 unspecified atom stereocenters. The smallest absolute Gasteiger partial charge is 0.284 e. The van der Waals surface area contributed by atoms with Crippen LogP contribution in [0.3, 0.4) is 0 Å². The topological polar surface area (TPSA) is 70.8 Å². The van der Waals surface area contributed by atoms with Crippen molar-refractivity contribution in [2.24, 2.45) is 7.05 Å². The number of hydrogen-bond donors (Lipinski definition) is 0. The van der Waals surface area contributed by atoms with E-state index in [4.69, 9.17) is 0 Å². The molecule has 0 aliphatic heterocycles. The molecule has 0 radical (unpaired) electrons. The molecule has 0 atom stereocenters. The number of hydrogen-bond acceptors (Lipinski definition) is 4. The van der Waals surface area contributed by atoms with Gasteiger partial charge in [-0.05, 0) is 0 Å². The summed E-state index contributed by atoms with van der Waals surface area (Å²) in [6.45, 7) is 3.77. The average molecular weight is 168 g/mol. The highest BCUT2D eigenvalue weighted by atomic mass is 16.3. The Labute approximate surface area is 69.7 Å². The zero-order valence-corrected chi connectivity index (χ0v) is 7.24. The number of aryl methyl sites for hydroxylation is 1. The highest BCUT2D eigenvalue weighted by Gasteiger charge is 2.05. The summed E-state index contributed by atoms with van der Waals surface area (Å²) < 4.78 is 1.34. The molecule has 12 heavy (non-hydrogen) atoms. The van der Waals surface area contributed by atoms with Crippen LogP contribution in [0.4, 0.5) is 0 Å². The Hall–Kier alpha value is -1.39. The molecule has 0 bridgehead atoms. The van der Waals surface area contributed by atoms with E-state index in [0.29, 0.717) is 5.82 Å². The third-order valence-corrected chi connectivity index (χ3v) is 1.49. The minimum absolute atomic E-state index is 0.0933. The fraction of sp³-hybridized carbons (Fsp3) is 0.571. The minimum atomic E-state index is -0.804. The van der Waals surface area contributed by atoms with Crippen LogP contribution in [0.15, 0.2) is 4.79 Å². The predicted molar refractivity (Wildman–Crippen MR) is 40.8 cm³/mol. The second-order valence-electron chi connectivity index (χ2n) is 2.86. The molecule has 66 valence electrons. The van der Waals surface area contributed by atoms with Gasteiger partial charge < -0.3 is 5.11 Å². The third-order valence-electron chi connectivity index (χ3n) is 1.49. The molecule has 1 rings (SSSR count). The molecule has 1 aromatic heterocycles. The molecule has 0 spiro atoms. The number of aromatic nitrogens is 3. The molecule has 0 saturated heterocycles. The van der Waals surface area contributed by atoms with Gasteiger partial charge in [0, 0.05) is 13.0 Å². The first-order valence-corrected chi connectivity index (χ1v) is 3.64. The normalized spacial score (nSPS) is 10.7. The van der Waals surface area contributed by atoms with Gasteiger partial charge in [0.25, 0.3) is 5.56 Å². The van der Waals surface area contributed by atoms with E-state index < -0.39 is 11.4 Å². The van der Waals surface area contributed by atoms with Crippen LogP contribution < -0.4 is 10.7 Å². The fourth-order valence-electron chi connectivity index (χ4n) is 0.957. The van der Waals surface area contributed by atoms with Crippen molar-refractivity contribution in [2.45, 2.75) is 19.8 Å². The Balaban J connectivity index is 3.33. The molecule has 5 nitrogen and oxygen atoms in total. The molecule has 0 aliphatic carbocycles.